The highest BCUT2D eigenvalue weighted by molar-refractivity contribution is 6.05. The number of hydrogen-bond acceptors (Lipinski definition) is 3. The number of imide groups is 1. The van der Waals surface area contributed by atoms with E-state index in [0.717, 1.165) is 10.5 Å². The summed E-state index contributed by atoms with van der Waals surface area (Å²) in [4.78, 5) is 24.2. The molecule has 4 nitrogen and oxygen atoms in total. The second-order valence-electron chi connectivity index (χ2n) is 4.49. The first-order valence-corrected chi connectivity index (χ1v) is 5.81. The Morgan fingerprint density at radius 1 is 1.33 bits per heavy atom. The lowest BCUT2D eigenvalue weighted by atomic mass is 10.1. The molecule has 1 fully saturated rings. The minimum absolute atomic E-state index is 0.112. The topological polar surface area (TPSA) is 49.4 Å². The van der Waals surface area contributed by atoms with Gasteiger partial charge in [0.15, 0.2) is 0 Å². The van der Waals surface area contributed by atoms with Gasteiger partial charge >= 0.3 is 0 Å². The van der Waals surface area contributed by atoms with Gasteiger partial charge in [-0.2, -0.15) is 0 Å². The van der Waals surface area contributed by atoms with Gasteiger partial charge in [0.05, 0.1) is 12.5 Å². The Morgan fingerprint density at radius 3 is 2.44 bits per heavy atom. The van der Waals surface area contributed by atoms with Crippen LogP contribution < -0.4 is 5.32 Å². The van der Waals surface area contributed by atoms with Crippen LogP contribution in [0.15, 0.2) is 24.3 Å². The van der Waals surface area contributed by atoms with Crippen molar-refractivity contribution in [3.05, 3.63) is 35.6 Å². The molecule has 0 bridgehead atoms. The van der Waals surface area contributed by atoms with Crippen molar-refractivity contribution < 1.29 is 14.0 Å². The summed E-state index contributed by atoms with van der Waals surface area (Å²) in [7, 11) is 1.48. The predicted octanol–water partition coefficient (Wildman–Crippen LogP) is 1.23. The van der Waals surface area contributed by atoms with Gasteiger partial charge in [0.1, 0.15) is 5.82 Å². The maximum Gasteiger partial charge on any atom is 0.246 e. The minimum atomic E-state index is -0.484. The van der Waals surface area contributed by atoms with E-state index in [4.69, 9.17) is 0 Å². The number of carbonyl (C=O) groups excluding carboxylic acids is 2. The number of likely N-dealkylation sites (N-methyl/N-ethyl adjacent to an activating group) is 1. The molecule has 1 aliphatic heterocycles. The number of rotatable bonds is 3. The fraction of sp³-hybridized carbons (Fsp3) is 0.385. The van der Waals surface area contributed by atoms with Gasteiger partial charge in [-0.25, -0.2) is 4.39 Å². The molecule has 1 N–H and O–H groups in total. The summed E-state index contributed by atoms with van der Waals surface area (Å²) >= 11 is 0. The molecule has 1 unspecified atom stereocenters. The number of halogens is 1. The molecule has 2 rings (SSSR count). The van der Waals surface area contributed by atoms with Crippen molar-refractivity contribution in [1.82, 2.24) is 10.2 Å². The normalized spacial score (nSPS) is 21.5. The molecule has 96 valence electrons. The maximum atomic E-state index is 12.8. The van der Waals surface area contributed by atoms with E-state index in [-0.39, 0.29) is 30.1 Å². The highest BCUT2D eigenvalue weighted by atomic mass is 19.1. The SMILES string of the molecule is C[C@@H](NC1CC(=O)N(C)C1=O)c1ccc(F)cc1. The lowest BCUT2D eigenvalue weighted by molar-refractivity contribution is -0.137. The van der Waals surface area contributed by atoms with Gasteiger partial charge < -0.3 is 0 Å². The van der Waals surface area contributed by atoms with E-state index < -0.39 is 6.04 Å². The monoisotopic (exact) mass is 250 g/mol. The van der Waals surface area contributed by atoms with Crippen molar-refractivity contribution in [2.24, 2.45) is 0 Å². The Kier molecular flexibility index (Phi) is 3.43. The maximum absolute atomic E-state index is 12.8. The van der Waals surface area contributed by atoms with Gasteiger partial charge in [-0.15, -0.1) is 0 Å². The van der Waals surface area contributed by atoms with Crippen molar-refractivity contribution >= 4 is 11.8 Å². The Bertz CT molecular complexity index is 472. The number of likely N-dealkylation sites (tertiary alicyclic amines) is 1. The van der Waals surface area contributed by atoms with Crippen LogP contribution in [0.1, 0.15) is 24.9 Å². The van der Waals surface area contributed by atoms with Crippen LogP contribution in [-0.4, -0.2) is 29.8 Å². The van der Waals surface area contributed by atoms with Crippen LogP contribution in [0, 0.1) is 5.82 Å². The molecule has 2 atom stereocenters. The molecule has 0 spiro atoms. The number of hydrogen-bond donors (Lipinski definition) is 1. The zero-order valence-electron chi connectivity index (χ0n) is 10.3. The number of nitrogens with zero attached hydrogens (tertiary/aromatic N) is 1. The van der Waals surface area contributed by atoms with Crippen LogP contribution in [0.2, 0.25) is 0 Å². The average molecular weight is 250 g/mol. The Balaban J connectivity index is 2.04. The number of benzene rings is 1. The molecule has 5 heteroatoms. The number of nitrogens with one attached hydrogen (secondary N) is 1. The lowest BCUT2D eigenvalue weighted by Crippen LogP contribution is -2.38. The Morgan fingerprint density at radius 2 is 1.94 bits per heavy atom. The van der Waals surface area contributed by atoms with Crippen LogP contribution in [0.3, 0.4) is 0 Å². The number of carbonyl (C=O) groups is 2. The lowest BCUT2D eigenvalue weighted by Gasteiger charge is -2.18. The number of amides is 2. The van der Waals surface area contributed by atoms with E-state index in [1.807, 2.05) is 6.92 Å². The fourth-order valence-corrected chi connectivity index (χ4v) is 2.04. The van der Waals surface area contributed by atoms with Crippen LogP contribution >= 0.6 is 0 Å². The van der Waals surface area contributed by atoms with E-state index in [1.165, 1.54) is 19.2 Å². The van der Waals surface area contributed by atoms with Crippen LogP contribution in [-0.2, 0) is 9.59 Å². The van der Waals surface area contributed by atoms with E-state index in [2.05, 4.69) is 5.32 Å². The van der Waals surface area contributed by atoms with Crippen molar-refractivity contribution in [1.29, 1.82) is 0 Å². The predicted molar refractivity (Wildman–Crippen MR) is 64.1 cm³/mol. The highest BCUT2D eigenvalue weighted by Crippen LogP contribution is 2.18. The summed E-state index contributed by atoms with van der Waals surface area (Å²) < 4.78 is 12.8. The first-order valence-electron chi connectivity index (χ1n) is 5.81. The second-order valence-corrected chi connectivity index (χ2v) is 4.49. The van der Waals surface area contributed by atoms with Gasteiger partial charge in [-0.3, -0.25) is 19.8 Å². The summed E-state index contributed by atoms with van der Waals surface area (Å²) in [5, 5.41) is 3.09. The zero-order chi connectivity index (χ0) is 13.3. The molecule has 2 amide bonds. The van der Waals surface area contributed by atoms with Crippen molar-refractivity contribution in [2.75, 3.05) is 7.05 Å². The van der Waals surface area contributed by atoms with E-state index in [9.17, 15) is 14.0 Å². The van der Waals surface area contributed by atoms with E-state index in [0.29, 0.717) is 0 Å². The molecule has 1 saturated heterocycles. The zero-order valence-corrected chi connectivity index (χ0v) is 10.3. The summed E-state index contributed by atoms with van der Waals surface area (Å²) in [5.41, 5.74) is 0.881. The molecule has 0 aromatic heterocycles. The molecular weight excluding hydrogens is 235 g/mol. The largest absolute Gasteiger partial charge is 0.299 e. The van der Waals surface area contributed by atoms with Crippen LogP contribution in [0.5, 0.6) is 0 Å². The van der Waals surface area contributed by atoms with Gasteiger partial charge in [0.25, 0.3) is 0 Å². The molecule has 1 aromatic rings. The average Bonchev–Trinajstić information content (AvgIpc) is 2.58. The smallest absolute Gasteiger partial charge is 0.246 e. The first-order chi connectivity index (χ1) is 8.49. The van der Waals surface area contributed by atoms with Crippen molar-refractivity contribution in [3.8, 4) is 0 Å². The van der Waals surface area contributed by atoms with Gasteiger partial charge in [0, 0.05) is 13.1 Å². The molecule has 0 aliphatic carbocycles. The molecular formula is C13H15FN2O2. The van der Waals surface area contributed by atoms with Crippen molar-refractivity contribution in [3.63, 3.8) is 0 Å². The second kappa shape index (κ2) is 4.86. The summed E-state index contributed by atoms with van der Waals surface area (Å²) in [6.07, 6.45) is 0.181. The summed E-state index contributed by atoms with van der Waals surface area (Å²) in [5.74, 6) is -0.685. The van der Waals surface area contributed by atoms with Crippen LogP contribution in [0.25, 0.3) is 0 Å². The minimum Gasteiger partial charge on any atom is -0.299 e. The standard InChI is InChI=1S/C13H15FN2O2/c1-8(9-3-5-10(14)6-4-9)15-11-7-12(17)16(2)13(11)18/h3-6,8,11,15H,7H2,1-2H3/t8-,11?/m1/s1. The Labute approximate surface area is 105 Å². The van der Waals surface area contributed by atoms with E-state index in [1.54, 1.807) is 12.1 Å². The molecule has 0 radical (unpaired) electrons. The molecule has 1 aromatic carbocycles. The van der Waals surface area contributed by atoms with Crippen molar-refractivity contribution in [2.45, 2.75) is 25.4 Å². The quantitative estimate of drug-likeness (QED) is 0.821. The third kappa shape index (κ3) is 2.41. The third-order valence-electron chi connectivity index (χ3n) is 3.20. The van der Waals surface area contributed by atoms with Gasteiger partial charge in [-0.1, -0.05) is 12.1 Å². The summed E-state index contributed by atoms with van der Waals surface area (Å²) in [6.45, 7) is 1.88. The fourth-order valence-electron chi connectivity index (χ4n) is 2.04. The van der Waals surface area contributed by atoms with Crippen LogP contribution in [0.4, 0.5) is 4.39 Å². The van der Waals surface area contributed by atoms with E-state index >= 15 is 0 Å². The molecule has 18 heavy (non-hydrogen) atoms. The Hall–Kier alpha value is -1.75. The third-order valence-corrected chi connectivity index (χ3v) is 3.20. The van der Waals surface area contributed by atoms with Gasteiger partial charge in [0.2, 0.25) is 11.8 Å². The molecule has 1 heterocycles. The first kappa shape index (κ1) is 12.7. The molecule has 1 aliphatic rings. The molecule has 0 saturated carbocycles. The van der Waals surface area contributed by atoms with Gasteiger partial charge in [-0.05, 0) is 24.6 Å². The highest BCUT2D eigenvalue weighted by Gasteiger charge is 2.36. The summed E-state index contributed by atoms with van der Waals surface area (Å²) in [6, 6.07) is 5.49.